The molecule has 1 aromatic heterocycles. The van der Waals surface area contributed by atoms with Gasteiger partial charge in [0.05, 0.1) is 22.5 Å². The van der Waals surface area contributed by atoms with Crippen molar-refractivity contribution in [1.82, 2.24) is 19.2 Å². The van der Waals surface area contributed by atoms with E-state index in [4.69, 9.17) is 0 Å². The van der Waals surface area contributed by atoms with E-state index in [0.29, 0.717) is 18.7 Å². The summed E-state index contributed by atoms with van der Waals surface area (Å²) in [7, 11) is -1.62. The van der Waals surface area contributed by atoms with Crippen LogP contribution in [0.3, 0.4) is 0 Å². The van der Waals surface area contributed by atoms with Gasteiger partial charge in [0.1, 0.15) is 5.82 Å². The predicted molar refractivity (Wildman–Crippen MR) is 108 cm³/mol. The van der Waals surface area contributed by atoms with Gasteiger partial charge in [-0.1, -0.05) is 26.0 Å². The Kier molecular flexibility index (Phi) is 5.81. The van der Waals surface area contributed by atoms with E-state index in [0.717, 1.165) is 16.9 Å². The minimum atomic E-state index is -3.53. The van der Waals surface area contributed by atoms with E-state index in [9.17, 15) is 13.2 Å². The topological polar surface area (TPSA) is 84.3 Å². The third-order valence-corrected chi connectivity index (χ3v) is 6.81. The molecule has 7 nitrogen and oxygen atoms in total. The summed E-state index contributed by atoms with van der Waals surface area (Å²) >= 11 is 0. The van der Waals surface area contributed by atoms with Crippen molar-refractivity contribution in [1.29, 1.82) is 0 Å². The first-order valence-electron chi connectivity index (χ1n) is 9.17. The largest absolute Gasteiger partial charge is 0.345 e. The number of imidazole rings is 1. The number of amides is 1. The molecule has 0 aliphatic carbocycles. The molecule has 8 heteroatoms. The number of para-hydroxylation sites is 2. The Balaban J connectivity index is 1.72. The Morgan fingerprint density at radius 3 is 2.32 bits per heavy atom. The number of rotatable bonds is 7. The molecule has 0 aliphatic rings. The number of carbonyl (C=O) groups excluding carboxylic acids is 1. The Hall–Kier alpha value is -2.71. The molecule has 0 saturated heterocycles. The van der Waals surface area contributed by atoms with E-state index in [1.54, 1.807) is 13.8 Å². The van der Waals surface area contributed by atoms with Crippen molar-refractivity contribution in [2.75, 3.05) is 13.1 Å². The van der Waals surface area contributed by atoms with Crippen LogP contribution in [-0.4, -0.2) is 41.3 Å². The van der Waals surface area contributed by atoms with E-state index in [2.05, 4.69) is 10.3 Å². The van der Waals surface area contributed by atoms with Crippen LogP contribution < -0.4 is 5.32 Å². The summed E-state index contributed by atoms with van der Waals surface area (Å²) in [4.78, 5) is 17.2. The summed E-state index contributed by atoms with van der Waals surface area (Å²) < 4.78 is 28.4. The average Bonchev–Trinajstić information content (AvgIpc) is 3.03. The zero-order valence-corrected chi connectivity index (χ0v) is 17.0. The summed E-state index contributed by atoms with van der Waals surface area (Å²) in [5.41, 5.74) is 2.27. The number of carbonyl (C=O) groups is 1. The smallest absolute Gasteiger partial charge is 0.251 e. The van der Waals surface area contributed by atoms with E-state index in [1.807, 2.05) is 35.9 Å². The predicted octanol–water partition coefficient (Wildman–Crippen LogP) is 2.53. The molecule has 3 aromatic rings. The molecule has 0 fully saturated rings. The van der Waals surface area contributed by atoms with Crippen LogP contribution in [0, 0.1) is 0 Å². The molecule has 0 bridgehead atoms. The molecule has 148 valence electrons. The highest BCUT2D eigenvalue weighted by molar-refractivity contribution is 7.89. The quantitative estimate of drug-likeness (QED) is 0.661. The lowest BCUT2D eigenvalue weighted by Crippen LogP contribution is -2.30. The van der Waals surface area contributed by atoms with Gasteiger partial charge >= 0.3 is 0 Å². The van der Waals surface area contributed by atoms with Gasteiger partial charge in [0.15, 0.2) is 0 Å². The fraction of sp³-hybridized carbons (Fsp3) is 0.300. The lowest BCUT2D eigenvalue weighted by atomic mass is 10.2. The summed E-state index contributed by atoms with van der Waals surface area (Å²) in [5, 5.41) is 2.84. The van der Waals surface area contributed by atoms with Crippen molar-refractivity contribution in [3.05, 3.63) is 59.9 Å². The second-order valence-electron chi connectivity index (χ2n) is 6.37. The average molecular weight is 401 g/mol. The van der Waals surface area contributed by atoms with Gasteiger partial charge in [-0.05, 0) is 36.4 Å². The van der Waals surface area contributed by atoms with Gasteiger partial charge in [0.25, 0.3) is 5.91 Å². The van der Waals surface area contributed by atoms with E-state index in [-0.39, 0.29) is 17.3 Å². The minimum Gasteiger partial charge on any atom is -0.345 e. The number of hydrogen-bond donors (Lipinski definition) is 1. The van der Waals surface area contributed by atoms with Crippen LogP contribution in [0.4, 0.5) is 0 Å². The monoisotopic (exact) mass is 400 g/mol. The van der Waals surface area contributed by atoms with E-state index in [1.165, 1.54) is 28.6 Å². The SMILES string of the molecule is CCN(CC)S(=O)(=O)c1ccc(C(=O)NCc2nc3ccccc3n2C)cc1. The Morgan fingerprint density at radius 1 is 1.07 bits per heavy atom. The molecule has 1 N–H and O–H groups in total. The highest BCUT2D eigenvalue weighted by Gasteiger charge is 2.21. The van der Waals surface area contributed by atoms with Crippen LogP contribution in [0.2, 0.25) is 0 Å². The molecule has 0 saturated carbocycles. The van der Waals surface area contributed by atoms with Crippen LogP contribution in [0.1, 0.15) is 30.0 Å². The van der Waals surface area contributed by atoms with Gasteiger partial charge in [0, 0.05) is 25.7 Å². The van der Waals surface area contributed by atoms with Crippen LogP contribution >= 0.6 is 0 Å². The van der Waals surface area contributed by atoms with Crippen LogP contribution in [-0.2, 0) is 23.6 Å². The Labute approximate surface area is 165 Å². The number of hydrogen-bond acceptors (Lipinski definition) is 4. The van der Waals surface area contributed by atoms with Crippen LogP contribution in [0.25, 0.3) is 11.0 Å². The molecular weight excluding hydrogens is 376 g/mol. The zero-order valence-electron chi connectivity index (χ0n) is 16.2. The Bertz CT molecular complexity index is 1080. The molecule has 3 rings (SSSR count). The second kappa shape index (κ2) is 8.12. The lowest BCUT2D eigenvalue weighted by molar-refractivity contribution is 0.0949. The molecule has 2 aromatic carbocycles. The standard InChI is InChI=1S/C20H24N4O3S/c1-4-24(5-2)28(26,27)16-12-10-15(11-13-16)20(25)21-14-19-22-17-8-6-7-9-18(17)23(19)3/h6-13H,4-5,14H2,1-3H3,(H,21,25). The molecule has 1 amide bonds. The van der Waals surface area contributed by atoms with Crippen LogP contribution in [0.15, 0.2) is 53.4 Å². The first-order valence-corrected chi connectivity index (χ1v) is 10.6. The summed E-state index contributed by atoms with van der Waals surface area (Å²) in [6.07, 6.45) is 0. The molecule has 0 radical (unpaired) electrons. The van der Waals surface area contributed by atoms with E-state index >= 15 is 0 Å². The molecule has 28 heavy (non-hydrogen) atoms. The summed E-state index contributed by atoms with van der Waals surface area (Å²) in [6.45, 7) is 4.68. The van der Waals surface area contributed by atoms with Crippen molar-refractivity contribution < 1.29 is 13.2 Å². The van der Waals surface area contributed by atoms with Gasteiger partial charge in [-0.3, -0.25) is 4.79 Å². The second-order valence-corrected chi connectivity index (χ2v) is 8.31. The number of fused-ring (bicyclic) bond motifs is 1. The zero-order chi connectivity index (χ0) is 20.3. The maximum Gasteiger partial charge on any atom is 0.251 e. The normalized spacial score (nSPS) is 11.9. The Morgan fingerprint density at radius 2 is 1.71 bits per heavy atom. The molecular formula is C20H24N4O3S. The molecule has 0 atom stereocenters. The number of nitrogens with zero attached hydrogens (tertiary/aromatic N) is 3. The number of nitrogens with one attached hydrogen (secondary N) is 1. The number of aromatic nitrogens is 2. The van der Waals surface area contributed by atoms with Crippen molar-refractivity contribution in [3.63, 3.8) is 0 Å². The van der Waals surface area contributed by atoms with Crippen LogP contribution in [0.5, 0.6) is 0 Å². The fourth-order valence-electron chi connectivity index (χ4n) is 3.11. The molecule has 1 heterocycles. The van der Waals surface area contributed by atoms with Crippen molar-refractivity contribution in [2.45, 2.75) is 25.3 Å². The summed E-state index contributed by atoms with van der Waals surface area (Å²) in [5.74, 6) is 0.467. The highest BCUT2D eigenvalue weighted by atomic mass is 32.2. The third kappa shape index (κ3) is 3.79. The third-order valence-electron chi connectivity index (χ3n) is 4.75. The van der Waals surface area contributed by atoms with Gasteiger partial charge in [0.2, 0.25) is 10.0 Å². The van der Waals surface area contributed by atoms with Gasteiger partial charge in [-0.25, -0.2) is 13.4 Å². The van der Waals surface area contributed by atoms with E-state index < -0.39 is 10.0 Å². The number of sulfonamides is 1. The lowest BCUT2D eigenvalue weighted by Gasteiger charge is -2.18. The van der Waals surface area contributed by atoms with Gasteiger partial charge < -0.3 is 9.88 Å². The van der Waals surface area contributed by atoms with Crippen molar-refractivity contribution in [2.24, 2.45) is 7.05 Å². The highest BCUT2D eigenvalue weighted by Crippen LogP contribution is 2.17. The first-order chi connectivity index (χ1) is 13.4. The number of aryl methyl sites for hydroxylation is 1. The van der Waals surface area contributed by atoms with Crippen molar-refractivity contribution in [3.8, 4) is 0 Å². The maximum atomic E-state index is 12.5. The molecule has 0 aliphatic heterocycles. The van der Waals surface area contributed by atoms with Gasteiger partial charge in [-0.2, -0.15) is 4.31 Å². The van der Waals surface area contributed by atoms with Crippen molar-refractivity contribution >= 4 is 27.0 Å². The minimum absolute atomic E-state index is 0.183. The molecule has 0 unspecified atom stereocenters. The van der Waals surface area contributed by atoms with Gasteiger partial charge in [-0.15, -0.1) is 0 Å². The first kappa shape index (κ1) is 20.0. The fourth-order valence-corrected chi connectivity index (χ4v) is 4.56. The maximum absolute atomic E-state index is 12.5. The number of benzene rings is 2. The molecule has 0 spiro atoms. The summed E-state index contributed by atoms with van der Waals surface area (Å²) in [6, 6.07) is 13.8.